The van der Waals surface area contributed by atoms with Gasteiger partial charge in [0.25, 0.3) is 0 Å². The predicted octanol–water partition coefficient (Wildman–Crippen LogP) is 3.72. The van der Waals surface area contributed by atoms with Crippen molar-refractivity contribution < 1.29 is 22.3 Å². The maximum absolute atomic E-state index is 12.7. The molecule has 0 radical (unpaired) electrons. The zero-order valence-corrected chi connectivity index (χ0v) is 15.7. The summed E-state index contributed by atoms with van der Waals surface area (Å²) < 4.78 is 54.4. The van der Waals surface area contributed by atoms with E-state index in [1.54, 1.807) is 0 Å². The van der Waals surface area contributed by atoms with Gasteiger partial charge in [-0.2, -0.15) is 13.2 Å². The lowest BCUT2D eigenvalue weighted by Crippen LogP contribution is -2.39. The third-order valence-corrected chi connectivity index (χ3v) is 2.70. The second kappa shape index (κ2) is 12.2. The van der Waals surface area contributed by atoms with Crippen LogP contribution in [0.1, 0.15) is 19.8 Å². The molecule has 0 aliphatic heterocycles. The Morgan fingerprint density at radius 2 is 1.83 bits per heavy atom. The molecular formula is C15H22F4IN3O. The summed E-state index contributed by atoms with van der Waals surface area (Å²) >= 11 is 0. The van der Waals surface area contributed by atoms with Gasteiger partial charge in [-0.15, -0.1) is 24.0 Å². The molecular weight excluding hydrogens is 441 g/mol. The second-order valence-electron chi connectivity index (χ2n) is 4.71. The fraction of sp³-hybridized carbons (Fsp3) is 0.533. The van der Waals surface area contributed by atoms with Gasteiger partial charge >= 0.3 is 6.18 Å². The van der Waals surface area contributed by atoms with Crippen LogP contribution in [0.15, 0.2) is 29.3 Å². The van der Waals surface area contributed by atoms with Crippen molar-refractivity contribution in [3.05, 3.63) is 30.1 Å². The summed E-state index contributed by atoms with van der Waals surface area (Å²) in [4.78, 5) is 4.17. The molecule has 2 N–H and O–H groups in total. The maximum Gasteiger partial charge on any atom is 0.390 e. The Bertz CT molecular complexity index is 481. The number of alkyl halides is 3. The van der Waals surface area contributed by atoms with Crippen molar-refractivity contribution in [3.8, 4) is 5.75 Å². The van der Waals surface area contributed by atoms with E-state index in [0.29, 0.717) is 37.8 Å². The van der Waals surface area contributed by atoms with Crippen LogP contribution < -0.4 is 15.4 Å². The topological polar surface area (TPSA) is 45.7 Å². The van der Waals surface area contributed by atoms with Crippen molar-refractivity contribution in [3.63, 3.8) is 0 Å². The molecule has 0 aromatic heterocycles. The first-order valence-corrected chi connectivity index (χ1v) is 7.38. The minimum Gasteiger partial charge on any atom is -0.494 e. The zero-order valence-electron chi connectivity index (χ0n) is 13.3. The number of halogens is 5. The van der Waals surface area contributed by atoms with Crippen LogP contribution in [0.25, 0.3) is 0 Å². The number of guanidine groups is 1. The van der Waals surface area contributed by atoms with Crippen LogP contribution in [0.5, 0.6) is 5.75 Å². The summed E-state index contributed by atoms with van der Waals surface area (Å²) in [5, 5.41) is 5.50. The Hall–Kier alpha value is -1.26. The van der Waals surface area contributed by atoms with Crippen LogP contribution in [0.2, 0.25) is 0 Å². The lowest BCUT2D eigenvalue weighted by Gasteiger charge is -2.12. The van der Waals surface area contributed by atoms with Gasteiger partial charge in [0.2, 0.25) is 0 Å². The summed E-state index contributed by atoms with van der Waals surface area (Å²) in [7, 11) is 0. The summed E-state index contributed by atoms with van der Waals surface area (Å²) in [6, 6.07) is 5.67. The summed E-state index contributed by atoms with van der Waals surface area (Å²) in [6.07, 6.45) is -4.51. The van der Waals surface area contributed by atoms with E-state index in [-0.39, 0.29) is 36.3 Å². The number of hydrogen-bond donors (Lipinski definition) is 2. The van der Waals surface area contributed by atoms with E-state index >= 15 is 0 Å². The number of hydrogen-bond acceptors (Lipinski definition) is 2. The van der Waals surface area contributed by atoms with Crippen molar-refractivity contribution in [2.75, 3.05) is 26.2 Å². The molecule has 1 rings (SSSR count). The highest BCUT2D eigenvalue weighted by molar-refractivity contribution is 14.0. The zero-order chi connectivity index (χ0) is 17.1. The van der Waals surface area contributed by atoms with Crippen LogP contribution in [-0.4, -0.2) is 38.4 Å². The highest BCUT2D eigenvalue weighted by Crippen LogP contribution is 2.18. The second-order valence-corrected chi connectivity index (χ2v) is 4.71. The number of nitrogens with zero attached hydrogens (tertiary/aromatic N) is 1. The van der Waals surface area contributed by atoms with E-state index in [1.807, 2.05) is 6.92 Å². The molecule has 0 spiro atoms. The van der Waals surface area contributed by atoms with Crippen LogP contribution in [0, 0.1) is 5.82 Å². The lowest BCUT2D eigenvalue weighted by atomic mass is 10.3. The average molecular weight is 463 g/mol. The monoisotopic (exact) mass is 463 g/mol. The maximum atomic E-state index is 12.7. The van der Waals surface area contributed by atoms with Crippen LogP contribution in [0.3, 0.4) is 0 Å². The van der Waals surface area contributed by atoms with E-state index in [9.17, 15) is 17.6 Å². The van der Waals surface area contributed by atoms with E-state index < -0.39 is 12.6 Å². The molecule has 0 aliphatic rings. The molecule has 0 saturated carbocycles. The molecule has 9 heteroatoms. The quantitative estimate of drug-likeness (QED) is 0.203. The minimum absolute atomic E-state index is 0. The van der Waals surface area contributed by atoms with Gasteiger partial charge in [-0.3, -0.25) is 4.99 Å². The first-order valence-electron chi connectivity index (χ1n) is 7.38. The summed E-state index contributed by atoms with van der Waals surface area (Å²) in [6.45, 7) is 2.96. The smallest absolute Gasteiger partial charge is 0.390 e. The first kappa shape index (κ1) is 22.7. The van der Waals surface area contributed by atoms with Crippen molar-refractivity contribution in [2.24, 2.45) is 4.99 Å². The van der Waals surface area contributed by atoms with Crippen LogP contribution >= 0.6 is 24.0 Å². The normalized spacial score (nSPS) is 11.6. The van der Waals surface area contributed by atoms with Gasteiger partial charge in [-0.25, -0.2) is 4.39 Å². The highest BCUT2D eigenvalue weighted by atomic mass is 127. The molecule has 138 valence electrons. The summed E-state index contributed by atoms with van der Waals surface area (Å²) in [5.41, 5.74) is 0. The molecule has 0 saturated heterocycles. The Kier molecular flexibility index (Phi) is 11.5. The lowest BCUT2D eigenvalue weighted by molar-refractivity contribution is -0.132. The van der Waals surface area contributed by atoms with Gasteiger partial charge in [-0.05, 0) is 31.2 Å². The van der Waals surface area contributed by atoms with Crippen molar-refractivity contribution in [1.29, 1.82) is 0 Å². The first-order chi connectivity index (χ1) is 10.9. The summed E-state index contributed by atoms with van der Waals surface area (Å²) in [5.74, 6) is 0.575. The molecule has 1 aromatic rings. The molecule has 4 nitrogen and oxygen atoms in total. The largest absolute Gasteiger partial charge is 0.494 e. The number of benzene rings is 1. The Labute approximate surface area is 156 Å². The molecule has 0 atom stereocenters. The molecule has 0 heterocycles. The van der Waals surface area contributed by atoms with Gasteiger partial charge in [0.15, 0.2) is 5.96 Å². The van der Waals surface area contributed by atoms with E-state index in [2.05, 4.69) is 15.6 Å². The molecule has 0 fully saturated rings. The molecule has 0 amide bonds. The van der Waals surface area contributed by atoms with Gasteiger partial charge in [0.05, 0.1) is 13.0 Å². The van der Waals surface area contributed by atoms with Gasteiger partial charge in [0.1, 0.15) is 11.6 Å². The Morgan fingerprint density at radius 1 is 1.17 bits per heavy atom. The number of rotatable bonds is 8. The molecule has 0 unspecified atom stereocenters. The molecule has 0 aliphatic carbocycles. The number of nitrogens with one attached hydrogen (secondary N) is 2. The predicted molar refractivity (Wildman–Crippen MR) is 96.6 cm³/mol. The standard InChI is InChI=1S/C15H21F4N3O.HI/c1-2-20-14(22-10-8-15(17,18)19)21-9-3-11-23-13-6-4-12(16)5-7-13;/h4-7H,2-3,8-11H2,1H3,(H2,20,21,22);1H. The number of aliphatic imine (C=N–C) groups is 1. The third kappa shape index (κ3) is 11.3. The van der Waals surface area contributed by atoms with Crippen molar-refractivity contribution in [1.82, 2.24) is 10.6 Å². The third-order valence-electron chi connectivity index (χ3n) is 2.70. The number of ether oxygens (including phenoxy) is 1. The van der Waals surface area contributed by atoms with Crippen molar-refractivity contribution in [2.45, 2.75) is 25.9 Å². The van der Waals surface area contributed by atoms with Gasteiger partial charge in [-0.1, -0.05) is 0 Å². The van der Waals surface area contributed by atoms with E-state index in [1.165, 1.54) is 24.3 Å². The van der Waals surface area contributed by atoms with Gasteiger partial charge < -0.3 is 15.4 Å². The molecule has 24 heavy (non-hydrogen) atoms. The van der Waals surface area contributed by atoms with Gasteiger partial charge in [0, 0.05) is 26.1 Å². The fourth-order valence-electron chi connectivity index (χ4n) is 1.64. The van der Waals surface area contributed by atoms with Crippen LogP contribution in [0.4, 0.5) is 17.6 Å². The Balaban J connectivity index is 0.00000529. The minimum atomic E-state index is -4.19. The highest BCUT2D eigenvalue weighted by Gasteiger charge is 2.26. The van der Waals surface area contributed by atoms with E-state index in [4.69, 9.17) is 4.74 Å². The van der Waals surface area contributed by atoms with Crippen molar-refractivity contribution >= 4 is 29.9 Å². The fourth-order valence-corrected chi connectivity index (χ4v) is 1.64. The van der Waals surface area contributed by atoms with Crippen LogP contribution in [-0.2, 0) is 0 Å². The SMILES string of the molecule is CCNC(=NCCCOc1ccc(F)cc1)NCCC(F)(F)F.I. The van der Waals surface area contributed by atoms with E-state index in [0.717, 1.165) is 0 Å². The average Bonchev–Trinajstić information content (AvgIpc) is 2.47. The molecule has 0 bridgehead atoms. The molecule has 1 aromatic carbocycles. The Morgan fingerprint density at radius 3 is 2.42 bits per heavy atom.